The number of carbonyl (C=O) groups is 1. The van der Waals surface area contributed by atoms with Crippen molar-refractivity contribution < 1.29 is 13.9 Å². The first-order valence-electron chi connectivity index (χ1n) is 10.2. The number of thiophene rings is 1. The van der Waals surface area contributed by atoms with E-state index in [9.17, 15) is 9.18 Å². The second-order valence-corrected chi connectivity index (χ2v) is 8.91. The third-order valence-electron chi connectivity index (χ3n) is 4.76. The van der Waals surface area contributed by atoms with E-state index in [1.807, 2.05) is 48.7 Å². The number of nitrogen functional groups attached to an aromatic ring is 1. The molecule has 2 aromatic carbocycles. The number of nitrogens with two attached hydrogens (primary N) is 1. The first kappa shape index (κ1) is 22.8. The van der Waals surface area contributed by atoms with Gasteiger partial charge >= 0.3 is 0 Å². The summed E-state index contributed by atoms with van der Waals surface area (Å²) in [7, 11) is 0. The molecule has 0 radical (unpaired) electrons. The van der Waals surface area contributed by atoms with Crippen LogP contribution in [0.4, 0.5) is 4.39 Å². The largest absolute Gasteiger partial charge is 0.494 e. The van der Waals surface area contributed by atoms with Crippen LogP contribution in [0.1, 0.15) is 23.4 Å². The second kappa shape index (κ2) is 10.5. The van der Waals surface area contributed by atoms with E-state index in [4.69, 9.17) is 10.6 Å². The minimum atomic E-state index is -0.367. The van der Waals surface area contributed by atoms with Crippen molar-refractivity contribution in [3.8, 4) is 17.1 Å². The Kier molecular flexibility index (Phi) is 7.26. The van der Waals surface area contributed by atoms with Gasteiger partial charge in [-0.1, -0.05) is 30.0 Å². The van der Waals surface area contributed by atoms with Gasteiger partial charge in [0, 0.05) is 10.4 Å². The fourth-order valence-electron chi connectivity index (χ4n) is 3.20. The molecule has 0 saturated heterocycles. The van der Waals surface area contributed by atoms with E-state index in [1.54, 1.807) is 12.1 Å². The normalized spacial score (nSPS) is 11.8. The van der Waals surface area contributed by atoms with Crippen molar-refractivity contribution in [1.82, 2.24) is 20.2 Å². The van der Waals surface area contributed by atoms with Crippen LogP contribution in [0.25, 0.3) is 11.4 Å². The minimum absolute atomic E-state index is 0.0989. The number of aromatic nitrogens is 3. The van der Waals surface area contributed by atoms with Gasteiger partial charge in [-0.05, 0) is 60.3 Å². The average Bonchev–Trinajstić information content (AvgIpc) is 3.48. The molecule has 3 N–H and O–H groups in total. The SMILES string of the molecule is CCOc1ccc(-c2nnc(SCC(=O)NC(c3ccc(F)cc3)c3cccs3)n2N)cc1. The molecule has 0 saturated carbocycles. The van der Waals surface area contributed by atoms with Crippen molar-refractivity contribution in [3.63, 3.8) is 0 Å². The smallest absolute Gasteiger partial charge is 0.231 e. The molecule has 0 aliphatic rings. The van der Waals surface area contributed by atoms with E-state index in [0.29, 0.717) is 17.6 Å². The Balaban J connectivity index is 1.42. The van der Waals surface area contributed by atoms with Gasteiger partial charge in [-0.25, -0.2) is 9.07 Å². The first-order chi connectivity index (χ1) is 16.0. The molecule has 170 valence electrons. The number of hydrogen-bond donors (Lipinski definition) is 2. The summed E-state index contributed by atoms with van der Waals surface area (Å²) >= 11 is 2.71. The molecule has 0 bridgehead atoms. The molecule has 4 aromatic rings. The Morgan fingerprint density at radius 3 is 2.61 bits per heavy atom. The Morgan fingerprint density at radius 2 is 1.94 bits per heavy atom. The van der Waals surface area contributed by atoms with Crippen LogP contribution >= 0.6 is 23.1 Å². The average molecular weight is 484 g/mol. The summed E-state index contributed by atoms with van der Waals surface area (Å²) < 4.78 is 20.2. The quantitative estimate of drug-likeness (QED) is 0.273. The number of halogens is 1. The Hall–Kier alpha value is -3.37. The van der Waals surface area contributed by atoms with Crippen molar-refractivity contribution in [2.75, 3.05) is 18.2 Å². The predicted molar refractivity (Wildman–Crippen MR) is 128 cm³/mol. The number of carbonyl (C=O) groups excluding carboxylic acids is 1. The van der Waals surface area contributed by atoms with Crippen LogP contribution in [0.3, 0.4) is 0 Å². The molecule has 0 spiro atoms. The highest BCUT2D eigenvalue weighted by molar-refractivity contribution is 7.99. The van der Waals surface area contributed by atoms with E-state index in [1.165, 1.54) is 39.9 Å². The van der Waals surface area contributed by atoms with Gasteiger partial charge in [-0.3, -0.25) is 4.79 Å². The summed E-state index contributed by atoms with van der Waals surface area (Å²) in [6.45, 7) is 2.51. The van der Waals surface area contributed by atoms with Crippen molar-refractivity contribution in [2.45, 2.75) is 18.1 Å². The Bertz CT molecular complexity index is 1190. The molecule has 2 heterocycles. The first-order valence-corrected chi connectivity index (χ1v) is 12.1. The summed E-state index contributed by atoms with van der Waals surface area (Å²) in [6, 6.07) is 17.0. The number of rotatable bonds is 9. The molecule has 33 heavy (non-hydrogen) atoms. The topological polar surface area (TPSA) is 95.1 Å². The number of benzene rings is 2. The van der Waals surface area contributed by atoms with Gasteiger partial charge in [-0.15, -0.1) is 21.5 Å². The van der Waals surface area contributed by atoms with Gasteiger partial charge in [0.05, 0.1) is 18.4 Å². The summed E-state index contributed by atoms with van der Waals surface area (Å²) in [5, 5.41) is 13.7. The van der Waals surface area contributed by atoms with Gasteiger partial charge < -0.3 is 15.9 Å². The zero-order valence-electron chi connectivity index (χ0n) is 17.8. The maximum absolute atomic E-state index is 13.4. The number of ether oxygens (including phenoxy) is 1. The van der Waals surface area contributed by atoms with Gasteiger partial charge in [-0.2, -0.15) is 0 Å². The third-order valence-corrected chi connectivity index (χ3v) is 6.64. The van der Waals surface area contributed by atoms with Crippen LogP contribution < -0.4 is 15.9 Å². The Morgan fingerprint density at radius 1 is 1.18 bits per heavy atom. The maximum atomic E-state index is 13.4. The molecule has 1 amide bonds. The fourth-order valence-corrected chi connectivity index (χ4v) is 4.67. The molecule has 0 fully saturated rings. The standard InChI is InChI=1S/C23H22FN5O2S2/c1-2-31-18-11-7-16(8-12-18)22-27-28-23(29(22)25)33-14-20(30)26-21(19-4-3-13-32-19)15-5-9-17(24)10-6-15/h3-13,21H,2,14,25H2,1H3,(H,26,30). The second-order valence-electron chi connectivity index (χ2n) is 6.99. The molecule has 0 aliphatic carbocycles. The van der Waals surface area contributed by atoms with E-state index >= 15 is 0 Å². The molecule has 10 heteroatoms. The highest BCUT2D eigenvalue weighted by atomic mass is 32.2. The maximum Gasteiger partial charge on any atom is 0.231 e. The number of nitrogens with one attached hydrogen (secondary N) is 1. The van der Waals surface area contributed by atoms with E-state index in [2.05, 4.69) is 15.5 Å². The lowest BCUT2D eigenvalue weighted by Crippen LogP contribution is -2.30. The molecule has 0 aliphatic heterocycles. The fraction of sp³-hybridized carbons (Fsp3) is 0.174. The zero-order valence-corrected chi connectivity index (χ0v) is 19.4. The highest BCUT2D eigenvalue weighted by Gasteiger charge is 2.19. The summed E-state index contributed by atoms with van der Waals surface area (Å²) in [4.78, 5) is 13.7. The van der Waals surface area contributed by atoms with Crippen LogP contribution in [0.15, 0.2) is 71.2 Å². The van der Waals surface area contributed by atoms with Crippen LogP contribution in [0.2, 0.25) is 0 Å². The van der Waals surface area contributed by atoms with E-state index < -0.39 is 0 Å². The number of thioether (sulfide) groups is 1. The lowest BCUT2D eigenvalue weighted by Gasteiger charge is -2.18. The minimum Gasteiger partial charge on any atom is -0.494 e. The lowest BCUT2D eigenvalue weighted by atomic mass is 10.1. The molecular weight excluding hydrogens is 461 g/mol. The molecule has 2 aromatic heterocycles. The van der Waals surface area contributed by atoms with Crippen LogP contribution in [0.5, 0.6) is 5.75 Å². The van der Waals surface area contributed by atoms with Gasteiger partial charge in [0.1, 0.15) is 11.6 Å². The van der Waals surface area contributed by atoms with E-state index in [-0.39, 0.29) is 23.5 Å². The van der Waals surface area contributed by atoms with Crippen molar-refractivity contribution >= 4 is 29.0 Å². The molecule has 7 nitrogen and oxygen atoms in total. The van der Waals surface area contributed by atoms with Crippen molar-refractivity contribution in [3.05, 3.63) is 82.3 Å². The highest BCUT2D eigenvalue weighted by Crippen LogP contribution is 2.27. The molecule has 1 atom stereocenters. The van der Waals surface area contributed by atoms with Gasteiger partial charge in [0.15, 0.2) is 5.82 Å². The van der Waals surface area contributed by atoms with Gasteiger partial charge in [0.2, 0.25) is 11.1 Å². The number of nitrogens with zero attached hydrogens (tertiary/aromatic N) is 3. The van der Waals surface area contributed by atoms with Crippen LogP contribution in [-0.2, 0) is 4.79 Å². The summed E-state index contributed by atoms with van der Waals surface area (Å²) in [6.07, 6.45) is 0. The van der Waals surface area contributed by atoms with Crippen LogP contribution in [0, 0.1) is 5.82 Å². The van der Waals surface area contributed by atoms with Crippen LogP contribution in [-0.4, -0.2) is 33.1 Å². The molecule has 4 rings (SSSR count). The zero-order chi connectivity index (χ0) is 23.2. The number of amides is 1. The monoisotopic (exact) mass is 483 g/mol. The Labute approximate surface area is 198 Å². The molecule has 1 unspecified atom stereocenters. The summed E-state index contributed by atoms with van der Waals surface area (Å²) in [5.41, 5.74) is 1.59. The van der Waals surface area contributed by atoms with Gasteiger partial charge in [0.25, 0.3) is 0 Å². The van der Waals surface area contributed by atoms with Crippen molar-refractivity contribution in [1.29, 1.82) is 0 Å². The predicted octanol–water partition coefficient (Wildman–Crippen LogP) is 4.26. The lowest BCUT2D eigenvalue weighted by molar-refractivity contribution is -0.119. The molecular formula is C23H22FN5O2S2. The third kappa shape index (κ3) is 5.52. The van der Waals surface area contributed by atoms with Crippen molar-refractivity contribution in [2.24, 2.45) is 0 Å². The van der Waals surface area contributed by atoms with E-state index in [0.717, 1.165) is 21.8 Å². The number of hydrogen-bond acceptors (Lipinski definition) is 7. The summed E-state index contributed by atoms with van der Waals surface area (Å²) in [5.74, 6) is 7.00.